The van der Waals surface area contributed by atoms with Crippen molar-refractivity contribution in [1.29, 1.82) is 0 Å². The summed E-state index contributed by atoms with van der Waals surface area (Å²) in [5, 5.41) is 9.81. The summed E-state index contributed by atoms with van der Waals surface area (Å²) in [5.74, 6) is -0.631. The van der Waals surface area contributed by atoms with E-state index in [0.717, 1.165) is 24.2 Å². The van der Waals surface area contributed by atoms with E-state index in [0.29, 0.717) is 25.6 Å². The number of carboxylic acid groups (broad SMARTS) is 1. The lowest BCUT2D eigenvalue weighted by Gasteiger charge is -2.46. The van der Waals surface area contributed by atoms with Crippen LogP contribution >= 0.6 is 0 Å². The molecule has 0 spiro atoms. The number of aliphatic carboxylic acids is 1. The van der Waals surface area contributed by atoms with Crippen LogP contribution in [0.25, 0.3) is 0 Å². The molecule has 2 heterocycles. The van der Waals surface area contributed by atoms with Gasteiger partial charge in [0, 0.05) is 33.7 Å². The average molecular weight is 375 g/mol. The molecule has 1 unspecified atom stereocenters. The van der Waals surface area contributed by atoms with Crippen LogP contribution in [-0.2, 0) is 16.1 Å². The largest absolute Gasteiger partial charge is 0.478 e. The number of carboxylic acids is 1. The van der Waals surface area contributed by atoms with Gasteiger partial charge >= 0.3 is 5.97 Å². The molecule has 1 fully saturated rings. The van der Waals surface area contributed by atoms with Gasteiger partial charge in [0.2, 0.25) is 0 Å². The zero-order valence-electron chi connectivity index (χ0n) is 16.0. The predicted molar refractivity (Wildman–Crippen MR) is 100 cm³/mol. The first-order valence-corrected chi connectivity index (χ1v) is 9.05. The molecule has 0 amide bonds. The summed E-state index contributed by atoms with van der Waals surface area (Å²) >= 11 is 0. The van der Waals surface area contributed by atoms with Crippen LogP contribution in [-0.4, -0.2) is 72.3 Å². The fourth-order valence-corrected chi connectivity index (χ4v) is 3.73. The molecule has 0 bridgehead atoms. The average Bonchev–Trinajstić information content (AvgIpc) is 2.62. The molecule has 146 valence electrons. The van der Waals surface area contributed by atoms with E-state index in [-0.39, 0.29) is 17.6 Å². The topological polar surface area (TPSA) is 56.2 Å². The van der Waals surface area contributed by atoms with Crippen molar-refractivity contribution in [3.05, 3.63) is 58.7 Å². The Balaban J connectivity index is 2.05. The van der Waals surface area contributed by atoms with Crippen LogP contribution in [0.3, 0.4) is 0 Å². The van der Waals surface area contributed by atoms with E-state index in [1.54, 1.807) is 6.07 Å². The Bertz CT molecular complexity index is 769. The van der Waals surface area contributed by atoms with Gasteiger partial charge in [0.05, 0.1) is 13.2 Å². The van der Waals surface area contributed by atoms with E-state index < -0.39 is 5.97 Å². The minimum Gasteiger partial charge on any atom is -0.478 e. The molecule has 7 heteroatoms. The highest BCUT2D eigenvalue weighted by Crippen LogP contribution is 2.32. The highest BCUT2D eigenvalue weighted by atomic mass is 19.1. The molecule has 0 saturated carbocycles. The molecule has 0 aliphatic carbocycles. The third-order valence-electron chi connectivity index (χ3n) is 4.91. The van der Waals surface area contributed by atoms with Crippen LogP contribution in [0.4, 0.5) is 4.39 Å². The van der Waals surface area contributed by atoms with E-state index in [1.807, 2.05) is 43.0 Å². The number of benzene rings is 1. The van der Waals surface area contributed by atoms with Crippen LogP contribution in [0, 0.1) is 5.82 Å². The summed E-state index contributed by atoms with van der Waals surface area (Å²) in [6.07, 6.45) is 1.87. The van der Waals surface area contributed by atoms with Gasteiger partial charge in [-0.15, -0.1) is 0 Å². The maximum atomic E-state index is 13.7. The first-order valence-electron chi connectivity index (χ1n) is 9.05. The van der Waals surface area contributed by atoms with Crippen LogP contribution in [0.2, 0.25) is 0 Å². The number of halogens is 1. The zero-order valence-corrected chi connectivity index (χ0v) is 16.0. The highest BCUT2D eigenvalue weighted by molar-refractivity contribution is 5.92. The fourth-order valence-electron chi connectivity index (χ4n) is 3.73. The summed E-state index contributed by atoms with van der Waals surface area (Å²) < 4.78 is 19.2. The van der Waals surface area contributed by atoms with Crippen LogP contribution < -0.4 is 0 Å². The number of hydrogen-bond donors (Lipinski definition) is 1. The van der Waals surface area contributed by atoms with Crippen molar-refractivity contribution >= 4 is 5.97 Å². The number of rotatable bonds is 5. The van der Waals surface area contributed by atoms with Crippen molar-refractivity contribution in [2.24, 2.45) is 0 Å². The molecule has 1 atom stereocenters. The molecule has 1 aromatic rings. The van der Waals surface area contributed by atoms with Crippen molar-refractivity contribution in [1.82, 2.24) is 14.7 Å². The van der Waals surface area contributed by atoms with Crippen LogP contribution in [0.1, 0.15) is 12.5 Å². The molecule has 3 rings (SSSR count). The molecule has 2 aliphatic heterocycles. The Morgan fingerprint density at radius 2 is 2.04 bits per heavy atom. The van der Waals surface area contributed by atoms with Crippen LogP contribution in [0.5, 0.6) is 0 Å². The minimum absolute atomic E-state index is 0.113. The van der Waals surface area contributed by atoms with Crippen molar-refractivity contribution in [3.8, 4) is 0 Å². The standard InChI is InChI=1S/C20H26FN3O3/c1-14-11-17(23-7-9-27-10-8-23)24(13-15-5-4-6-16(21)12-15)19(22(2)3)18(14)20(25)26/h4-6,11-12,17H,7-10,13H2,1-3H3,(H,25,26). The maximum absolute atomic E-state index is 13.7. The number of ether oxygens (including phenoxy) is 1. The van der Waals surface area contributed by atoms with E-state index in [2.05, 4.69) is 4.90 Å². The SMILES string of the molecule is CC1=CC(N2CCOCC2)N(Cc2cccc(F)c2)C(N(C)C)=C1C(=O)O. The van der Waals surface area contributed by atoms with Gasteiger partial charge < -0.3 is 19.6 Å². The molecule has 0 radical (unpaired) electrons. The van der Waals surface area contributed by atoms with Gasteiger partial charge in [-0.05, 0) is 36.3 Å². The second-order valence-electron chi connectivity index (χ2n) is 7.07. The Labute approximate surface area is 159 Å². The lowest BCUT2D eigenvalue weighted by Crippen LogP contribution is -2.54. The minimum atomic E-state index is -0.961. The molecule has 2 aliphatic rings. The second kappa shape index (κ2) is 8.10. The summed E-state index contributed by atoms with van der Waals surface area (Å²) in [4.78, 5) is 18.1. The predicted octanol–water partition coefficient (Wildman–Crippen LogP) is 2.10. The first kappa shape index (κ1) is 19.4. The normalized spacial score (nSPS) is 21.3. The molecule has 6 nitrogen and oxygen atoms in total. The van der Waals surface area contributed by atoms with Gasteiger partial charge in [-0.1, -0.05) is 12.1 Å². The van der Waals surface area contributed by atoms with Gasteiger partial charge in [0.25, 0.3) is 0 Å². The number of nitrogens with zero attached hydrogens (tertiary/aromatic N) is 3. The Kier molecular flexibility index (Phi) is 5.82. The summed E-state index contributed by atoms with van der Waals surface area (Å²) in [7, 11) is 3.68. The van der Waals surface area contributed by atoms with Gasteiger partial charge in [0.15, 0.2) is 0 Å². The first-order chi connectivity index (χ1) is 12.9. The third-order valence-corrected chi connectivity index (χ3v) is 4.91. The smallest absolute Gasteiger partial charge is 0.339 e. The molecule has 1 N–H and O–H groups in total. The van der Waals surface area contributed by atoms with Crippen molar-refractivity contribution in [2.75, 3.05) is 40.4 Å². The summed E-state index contributed by atoms with van der Waals surface area (Å²) in [5.41, 5.74) is 1.81. The Morgan fingerprint density at radius 3 is 2.63 bits per heavy atom. The van der Waals surface area contributed by atoms with Gasteiger partial charge in [0.1, 0.15) is 23.4 Å². The Morgan fingerprint density at radius 1 is 1.33 bits per heavy atom. The van der Waals surface area contributed by atoms with Crippen LogP contribution in [0.15, 0.2) is 47.3 Å². The Hall–Kier alpha value is -2.38. The van der Waals surface area contributed by atoms with Crippen molar-refractivity contribution in [3.63, 3.8) is 0 Å². The van der Waals surface area contributed by atoms with Crippen molar-refractivity contribution < 1.29 is 19.0 Å². The zero-order chi connectivity index (χ0) is 19.6. The number of carbonyl (C=O) groups is 1. The summed E-state index contributed by atoms with van der Waals surface area (Å²) in [6.45, 7) is 5.05. The van der Waals surface area contributed by atoms with Gasteiger partial charge in [-0.3, -0.25) is 4.90 Å². The maximum Gasteiger partial charge on any atom is 0.339 e. The van der Waals surface area contributed by atoms with E-state index in [4.69, 9.17) is 4.74 Å². The van der Waals surface area contributed by atoms with Crippen molar-refractivity contribution in [2.45, 2.75) is 19.6 Å². The molecule has 0 aromatic heterocycles. The molecule has 27 heavy (non-hydrogen) atoms. The molecular weight excluding hydrogens is 349 g/mol. The van der Waals surface area contributed by atoms with Gasteiger partial charge in [-0.25, -0.2) is 9.18 Å². The molecule has 1 aromatic carbocycles. The number of hydrogen-bond acceptors (Lipinski definition) is 5. The molecular formula is C20H26FN3O3. The van der Waals surface area contributed by atoms with E-state index in [9.17, 15) is 14.3 Å². The quantitative estimate of drug-likeness (QED) is 0.851. The molecule has 1 saturated heterocycles. The lowest BCUT2D eigenvalue weighted by atomic mass is 10.00. The highest BCUT2D eigenvalue weighted by Gasteiger charge is 2.35. The number of morpholine rings is 1. The second-order valence-corrected chi connectivity index (χ2v) is 7.07. The van der Waals surface area contributed by atoms with E-state index in [1.165, 1.54) is 12.1 Å². The van der Waals surface area contributed by atoms with E-state index >= 15 is 0 Å². The van der Waals surface area contributed by atoms with Gasteiger partial charge in [-0.2, -0.15) is 0 Å². The monoisotopic (exact) mass is 375 g/mol. The fraction of sp³-hybridized carbons (Fsp3) is 0.450. The summed E-state index contributed by atoms with van der Waals surface area (Å²) in [6, 6.07) is 6.44. The third kappa shape index (κ3) is 4.14. The lowest BCUT2D eigenvalue weighted by molar-refractivity contribution is -0.132.